The highest BCUT2D eigenvalue weighted by Gasteiger charge is 2.25. The minimum Gasteiger partial charge on any atom is -0.454 e. The summed E-state index contributed by atoms with van der Waals surface area (Å²) in [7, 11) is 0. The Morgan fingerprint density at radius 3 is 2.69 bits per heavy atom. The standard InChI is InChI=1S/C27H26ClN3O4/c28-22-7-9-23(10-8-22)30-27(33)31-12-2-5-21(16-31)19-3-1-4-20(14-19)26(32)29-15-18-6-11-24-25(13-18)35-17-34-24/h1,3-4,6-11,13-14,21H,2,5,12,15-17H2,(H,29,32)(H,30,33)/t21-/m0/s1. The van der Waals surface area contributed by atoms with E-state index in [1.165, 1.54) is 0 Å². The first-order chi connectivity index (χ1) is 17.0. The van der Waals surface area contributed by atoms with Gasteiger partial charge in [-0.25, -0.2) is 4.79 Å². The van der Waals surface area contributed by atoms with Crippen LogP contribution in [-0.2, 0) is 6.54 Å². The van der Waals surface area contributed by atoms with Gasteiger partial charge in [-0.05, 0) is 72.5 Å². The molecule has 0 radical (unpaired) electrons. The number of nitrogens with zero attached hydrogens (tertiary/aromatic N) is 1. The zero-order valence-electron chi connectivity index (χ0n) is 19.1. The number of hydrogen-bond donors (Lipinski definition) is 2. The van der Waals surface area contributed by atoms with E-state index in [9.17, 15) is 9.59 Å². The van der Waals surface area contributed by atoms with Crippen LogP contribution in [0.2, 0.25) is 5.02 Å². The predicted octanol–water partition coefficient (Wildman–Crippen LogP) is 5.41. The molecule has 5 rings (SSSR count). The fourth-order valence-electron chi connectivity index (χ4n) is 4.44. The molecule has 0 aliphatic carbocycles. The third-order valence-corrected chi connectivity index (χ3v) is 6.57. The lowest BCUT2D eigenvalue weighted by Crippen LogP contribution is -2.41. The quantitative estimate of drug-likeness (QED) is 0.500. The number of benzene rings is 3. The number of piperidine rings is 1. The molecule has 1 fully saturated rings. The Kier molecular flexibility index (Phi) is 6.77. The van der Waals surface area contributed by atoms with E-state index in [2.05, 4.69) is 10.6 Å². The number of halogens is 1. The van der Waals surface area contributed by atoms with E-state index in [1.54, 1.807) is 24.3 Å². The molecular formula is C27H26ClN3O4. The number of ether oxygens (including phenoxy) is 2. The summed E-state index contributed by atoms with van der Waals surface area (Å²) >= 11 is 5.93. The molecule has 2 aliphatic heterocycles. The van der Waals surface area contributed by atoms with Crippen LogP contribution in [0, 0.1) is 0 Å². The first-order valence-electron chi connectivity index (χ1n) is 11.6. The Hall–Kier alpha value is -3.71. The van der Waals surface area contributed by atoms with Gasteiger partial charge in [0.05, 0.1) is 0 Å². The van der Waals surface area contributed by atoms with Gasteiger partial charge in [-0.15, -0.1) is 0 Å². The van der Waals surface area contributed by atoms with Crippen molar-refractivity contribution < 1.29 is 19.1 Å². The average Bonchev–Trinajstić information content (AvgIpc) is 3.37. The number of likely N-dealkylation sites (tertiary alicyclic amines) is 1. The van der Waals surface area contributed by atoms with Gasteiger partial charge in [0.15, 0.2) is 11.5 Å². The van der Waals surface area contributed by atoms with Crippen LogP contribution < -0.4 is 20.1 Å². The maximum Gasteiger partial charge on any atom is 0.321 e. The van der Waals surface area contributed by atoms with E-state index in [0.29, 0.717) is 41.7 Å². The van der Waals surface area contributed by atoms with Crippen LogP contribution in [0.15, 0.2) is 66.7 Å². The number of amides is 3. The molecule has 1 atom stereocenters. The molecule has 2 heterocycles. The smallest absolute Gasteiger partial charge is 0.321 e. The second kappa shape index (κ2) is 10.3. The Bertz CT molecular complexity index is 1230. The molecule has 7 nitrogen and oxygen atoms in total. The predicted molar refractivity (Wildman–Crippen MR) is 134 cm³/mol. The van der Waals surface area contributed by atoms with E-state index in [1.807, 2.05) is 47.4 Å². The molecule has 0 saturated carbocycles. The maximum absolute atomic E-state index is 12.8. The SMILES string of the molecule is O=C(NCc1ccc2c(c1)OCO2)c1cccc([C@H]2CCCN(C(=O)Nc3ccc(Cl)cc3)C2)c1. The topological polar surface area (TPSA) is 79.9 Å². The second-order valence-corrected chi connectivity index (χ2v) is 9.15. The molecule has 3 amide bonds. The summed E-state index contributed by atoms with van der Waals surface area (Å²) in [4.78, 5) is 27.5. The van der Waals surface area contributed by atoms with E-state index in [0.717, 1.165) is 29.7 Å². The lowest BCUT2D eigenvalue weighted by atomic mass is 9.89. The van der Waals surface area contributed by atoms with E-state index in [-0.39, 0.29) is 24.6 Å². The zero-order valence-corrected chi connectivity index (χ0v) is 19.9. The summed E-state index contributed by atoms with van der Waals surface area (Å²) in [5.74, 6) is 1.44. The number of rotatable bonds is 5. The van der Waals surface area contributed by atoms with Crippen molar-refractivity contribution in [1.82, 2.24) is 10.2 Å². The number of anilines is 1. The second-order valence-electron chi connectivity index (χ2n) is 8.72. The first kappa shape index (κ1) is 23.1. The van der Waals surface area contributed by atoms with Crippen LogP contribution in [-0.4, -0.2) is 36.7 Å². The summed E-state index contributed by atoms with van der Waals surface area (Å²) in [5, 5.41) is 6.54. The molecule has 0 spiro atoms. The molecule has 2 N–H and O–H groups in total. The summed E-state index contributed by atoms with van der Waals surface area (Å²) in [6, 6.07) is 20.3. The van der Waals surface area contributed by atoms with Crippen molar-refractivity contribution in [3.05, 3.63) is 88.4 Å². The van der Waals surface area contributed by atoms with Crippen LogP contribution in [0.4, 0.5) is 10.5 Å². The summed E-state index contributed by atoms with van der Waals surface area (Å²) in [6.07, 6.45) is 1.87. The Balaban J connectivity index is 1.20. The molecule has 8 heteroatoms. The van der Waals surface area contributed by atoms with Crippen LogP contribution in [0.25, 0.3) is 0 Å². The maximum atomic E-state index is 12.8. The fourth-order valence-corrected chi connectivity index (χ4v) is 4.56. The highest BCUT2D eigenvalue weighted by molar-refractivity contribution is 6.30. The van der Waals surface area contributed by atoms with Crippen LogP contribution >= 0.6 is 11.6 Å². The molecule has 180 valence electrons. The number of nitrogens with one attached hydrogen (secondary N) is 2. The number of carbonyl (C=O) groups is 2. The molecular weight excluding hydrogens is 466 g/mol. The molecule has 0 bridgehead atoms. The molecule has 0 unspecified atom stereocenters. The van der Waals surface area contributed by atoms with Gasteiger partial charge in [0.25, 0.3) is 5.91 Å². The zero-order chi connectivity index (χ0) is 24.2. The highest BCUT2D eigenvalue weighted by atomic mass is 35.5. The van der Waals surface area contributed by atoms with E-state index >= 15 is 0 Å². The molecule has 1 saturated heterocycles. The molecule has 2 aliphatic rings. The lowest BCUT2D eigenvalue weighted by Gasteiger charge is -2.33. The van der Waals surface area contributed by atoms with E-state index < -0.39 is 0 Å². The van der Waals surface area contributed by atoms with Crippen molar-refractivity contribution >= 4 is 29.2 Å². The third kappa shape index (κ3) is 5.52. The number of urea groups is 1. The fraction of sp³-hybridized carbons (Fsp3) is 0.259. The summed E-state index contributed by atoms with van der Waals surface area (Å²) in [5.41, 5.74) is 3.31. The monoisotopic (exact) mass is 491 g/mol. The van der Waals surface area contributed by atoms with Crippen LogP contribution in [0.1, 0.15) is 40.2 Å². The van der Waals surface area contributed by atoms with Gasteiger partial charge in [0, 0.05) is 41.8 Å². The van der Waals surface area contributed by atoms with Gasteiger partial charge in [-0.1, -0.05) is 29.8 Å². The van der Waals surface area contributed by atoms with Gasteiger partial charge in [0.1, 0.15) is 0 Å². The van der Waals surface area contributed by atoms with Crippen molar-refractivity contribution in [2.24, 2.45) is 0 Å². The number of fused-ring (bicyclic) bond motifs is 1. The first-order valence-corrected chi connectivity index (χ1v) is 12.0. The highest BCUT2D eigenvalue weighted by Crippen LogP contribution is 2.32. The number of hydrogen-bond acceptors (Lipinski definition) is 4. The Morgan fingerprint density at radius 1 is 1.00 bits per heavy atom. The Morgan fingerprint density at radius 2 is 1.83 bits per heavy atom. The van der Waals surface area contributed by atoms with Crippen molar-refractivity contribution in [1.29, 1.82) is 0 Å². The van der Waals surface area contributed by atoms with Crippen molar-refractivity contribution in [2.45, 2.75) is 25.3 Å². The summed E-state index contributed by atoms with van der Waals surface area (Å²) in [6.45, 7) is 1.91. The Labute approximate surface area is 209 Å². The van der Waals surface area contributed by atoms with Gasteiger partial charge in [-0.3, -0.25) is 4.79 Å². The lowest BCUT2D eigenvalue weighted by molar-refractivity contribution is 0.0950. The van der Waals surface area contributed by atoms with Crippen molar-refractivity contribution in [3.8, 4) is 11.5 Å². The molecule has 0 aromatic heterocycles. The molecule has 3 aromatic carbocycles. The minimum atomic E-state index is -0.141. The largest absolute Gasteiger partial charge is 0.454 e. The normalized spacial score (nSPS) is 16.6. The molecule has 35 heavy (non-hydrogen) atoms. The van der Waals surface area contributed by atoms with Gasteiger partial charge >= 0.3 is 6.03 Å². The summed E-state index contributed by atoms with van der Waals surface area (Å²) < 4.78 is 10.7. The van der Waals surface area contributed by atoms with Gasteiger partial charge in [0.2, 0.25) is 6.79 Å². The van der Waals surface area contributed by atoms with Gasteiger partial charge in [-0.2, -0.15) is 0 Å². The number of carbonyl (C=O) groups excluding carboxylic acids is 2. The van der Waals surface area contributed by atoms with Crippen molar-refractivity contribution in [3.63, 3.8) is 0 Å². The molecule has 3 aromatic rings. The van der Waals surface area contributed by atoms with Crippen LogP contribution in [0.3, 0.4) is 0 Å². The van der Waals surface area contributed by atoms with Crippen LogP contribution in [0.5, 0.6) is 11.5 Å². The third-order valence-electron chi connectivity index (χ3n) is 6.31. The average molecular weight is 492 g/mol. The van der Waals surface area contributed by atoms with Gasteiger partial charge < -0.3 is 25.0 Å². The van der Waals surface area contributed by atoms with Crippen molar-refractivity contribution in [2.75, 3.05) is 25.2 Å². The van der Waals surface area contributed by atoms with E-state index in [4.69, 9.17) is 21.1 Å². The minimum absolute atomic E-state index is 0.130.